The van der Waals surface area contributed by atoms with Crippen molar-refractivity contribution < 1.29 is 34.2 Å². The summed E-state index contributed by atoms with van der Waals surface area (Å²) in [6.45, 7) is 5.27. The summed E-state index contributed by atoms with van der Waals surface area (Å²) in [5, 5.41) is 25.7. The predicted molar refractivity (Wildman–Crippen MR) is 116 cm³/mol. The predicted octanol–water partition coefficient (Wildman–Crippen LogP) is -1.09. The SMILES string of the molecule is CCC(C)C(NC(=O)C(CCC(=O)O)NC(=O)C(CCCCN)NC(=O)C(C)N)C(=O)O. The molecule has 0 aliphatic rings. The van der Waals surface area contributed by atoms with Crippen LogP contribution >= 0.6 is 0 Å². The van der Waals surface area contributed by atoms with E-state index in [1.165, 1.54) is 6.92 Å². The summed E-state index contributed by atoms with van der Waals surface area (Å²) in [5.41, 5.74) is 11.0. The zero-order valence-corrected chi connectivity index (χ0v) is 18.9. The Kier molecular flexibility index (Phi) is 13.8. The summed E-state index contributed by atoms with van der Waals surface area (Å²) >= 11 is 0. The number of hydrogen-bond acceptors (Lipinski definition) is 7. The fourth-order valence-electron chi connectivity index (χ4n) is 2.81. The molecule has 0 aromatic heterocycles. The fourth-order valence-corrected chi connectivity index (χ4v) is 2.81. The largest absolute Gasteiger partial charge is 0.481 e. The number of nitrogens with two attached hydrogens (primary N) is 2. The molecule has 3 amide bonds. The van der Waals surface area contributed by atoms with Gasteiger partial charge in [-0.05, 0) is 45.1 Å². The number of carbonyl (C=O) groups is 5. The van der Waals surface area contributed by atoms with E-state index in [1.54, 1.807) is 13.8 Å². The van der Waals surface area contributed by atoms with Crippen molar-refractivity contribution in [2.45, 2.75) is 83.5 Å². The van der Waals surface area contributed by atoms with Crippen molar-refractivity contribution in [1.82, 2.24) is 16.0 Å². The highest BCUT2D eigenvalue weighted by Gasteiger charge is 2.31. The highest BCUT2D eigenvalue weighted by atomic mass is 16.4. The molecule has 0 aliphatic heterocycles. The third-order valence-electron chi connectivity index (χ3n) is 5.05. The third kappa shape index (κ3) is 11.0. The molecule has 0 aromatic carbocycles. The lowest BCUT2D eigenvalue weighted by molar-refractivity contribution is -0.144. The summed E-state index contributed by atoms with van der Waals surface area (Å²) in [4.78, 5) is 60.1. The molecule has 0 heterocycles. The molecule has 12 nitrogen and oxygen atoms in total. The van der Waals surface area contributed by atoms with E-state index in [0.29, 0.717) is 25.8 Å². The highest BCUT2D eigenvalue weighted by Crippen LogP contribution is 2.10. The monoisotopic (exact) mass is 459 g/mol. The van der Waals surface area contributed by atoms with Crippen molar-refractivity contribution in [3.8, 4) is 0 Å². The first-order valence-electron chi connectivity index (χ1n) is 10.8. The molecular weight excluding hydrogens is 422 g/mol. The van der Waals surface area contributed by atoms with Gasteiger partial charge in [-0.25, -0.2) is 4.79 Å². The van der Waals surface area contributed by atoms with Crippen molar-refractivity contribution in [2.24, 2.45) is 17.4 Å². The van der Waals surface area contributed by atoms with Crippen LogP contribution in [0.5, 0.6) is 0 Å². The minimum atomic E-state index is -1.30. The standard InChI is InChI=1S/C20H37N5O7/c1-4-11(2)16(20(31)32)25-19(30)14(8-9-15(26)27)24-18(29)13(7-5-6-10-21)23-17(28)12(3)22/h11-14,16H,4-10,21-22H2,1-3H3,(H,23,28)(H,24,29)(H,25,30)(H,26,27)(H,31,32). The number of aliphatic carboxylic acids is 2. The normalized spacial score (nSPS) is 15.5. The second kappa shape index (κ2) is 15.1. The van der Waals surface area contributed by atoms with Crippen LogP contribution in [-0.4, -0.2) is 70.6 Å². The van der Waals surface area contributed by atoms with Crippen LogP contribution in [0.15, 0.2) is 0 Å². The van der Waals surface area contributed by atoms with Crippen LogP contribution in [0.4, 0.5) is 0 Å². The number of carbonyl (C=O) groups excluding carboxylic acids is 3. The van der Waals surface area contributed by atoms with Gasteiger partial charge in [0.1, 0.15) is 18.1 Å². The lowest BCUT2D eigenvalue weighted by atomic mass is 9.98. The van der Waals surface area contributed by atoms with Gasteiger partial charge in [0.15, 0.2) is 0 Å². The molecule has 0 fully saturated rings. The second-order valence-corrected chi connectivity index (χ2v) is 7.84. The summed E-state index contributed by atoms with van der Waals surface area (Å²) in [6.07, 6.45) is 1.17. The Labute approximate surface area is 187 Å². The molecule has 0 aliphatic carbocycles. The van der Waals surface area contributed by atoms with Gasteiger partial charge in [-0.2, -0.15) is 0 Å². The maximum absolute atomic E-state index is 12.8. The first kappa shape index (κ1) is 29.3. The molecular formula is C20H37N5O7. The van der Waals surface area contributed by atoms with Gasteiger partial charge < -0.3 is 37.6 Å². The van der Waals surface area contributed by atoms with Gasteiger partial charge in [-0.3, -0.25) is 19.2 Å². The smallest absolute Gasteiger partial charge is 0.326 e. The third-order valence-corrected chi connectivity index (χ3v) is 5.05. The van der Waals surface area contributed by atoms with Gasteiger partial charge in [-0.1, -0.05) is 20.3 Å². The van der Waals surface area contributed by atoms with Crippen LogP contribution in [0.1, 0.15) is 59.3 Å². The first-order chi connectivity index (χ1) is 14.9. The quantitative estimate of drug-likeness (QED) is 0.139. The number of amides is 3. The van der Waals surface area contributed by atoms with Crippen LogP contribution < -0.4 is 27.4 Å². The van der Waals surface area contributed by atoms with Crippen LogP contribution in [-0.2, 0) is 24.0 Å². The summed E-state index contributed by atoms with van der Waals surface area (Å²) in [7, 11) is 0. The zero-order valence-electron chi connectivity index (χ0n) is 18.9. The average Bonchev–Trinajstić information content (AvgIpc) is 2.72. The topological polar surface area (TPSA) is 214 Å². The Morgan fingerprint density at radius 2 is 1.38 bits per heavy atom. The molecule has 0 bridgehead atoms. The van der Waals surface area contributed by atoms with E-state index in [2.05, 4.69) is 16.0 Å². The summed E-state index contributed by atoms with van der Waals surface area (Å²) < 4.78 is 0. The molecule has 0 radical (unpaired) electrons. The van der Waals surface area contributed by atoms with Crippen molar-refractivity contribution in [3.63, 3.8) is 0 Å². The minimum absolute atomic E-state index is 0.235. The fraction of sp³-hybridized carbons (Fsp3) is 0.750. The van der Waals surface area contributed by atoms with E-state index in [0.717, 1.165) is 0 Å². The number of hydrogen-bond donors (Lipinski definition) is 7. The van der Waals surface area contributed by atoms with E-state index >= 15 is 0 Å². The van der Waals surface area contributed by atoms with Crippen molar-refractivity contribution in [1.29, 1.82) is 0 Å². The Morgan fingerprint density at radius 3 is 1.84 bits per heavy atom. The zero-order chi connectivity index (χ0) is 24.8. The van der Waals surface area contributed by atoms with E-state index in [-0.39, 0.29) is 18.8 Å². The number of unbranched alkanes of at least 4 members (excludes halogenated alkanes) is 1. The molecule has 9 N–H and O–H groups in total. The van der Waals surface area contributed by atoms with Gasteiger partial charge in [0.05, 0.1) is 6.04 Å². The molecule has 5 unspecified atom stereocenters. The molecule has 5 atom stereocenters. The second-order valence-electron chi connectivity index (χ2n) is 7.84. The Bertz CT molecular complexity index is 656. The lowest BCUT2D eigenvalue weighted by Gasteiger charge is -2.26. The number of rotatable bonds is 16. The van der Waals surface area contributed by atoms with E-state index in [9.17, 15) is 29.1 Å². The van der Waals surface area contributed by atoms with Crippen LogP contribution in [0.3, 0.4) is 0 Å². The van der Waals surface area contributed by atoms with E-state index in [1.807, 2.05) is 0 Å². The van der Waals surface area contributed by atoms with Gasteiger partial charge in [0.25, 0.3) is 0 Å². The molecule has 32 heavy (non-hydrogen) atoms. The van der Waals surface area contributed by atoms with Crippen molar-refractivity contribution in [2.75, 3.05) is 6.54 Å². The molecule has 0 saturated carbocycles. The van der Waals surface area contributed by atoms with Gasteiger partial charge >= 0.3 is 11.9 Å². The lowest BCUT2D eigenvalue weighted by Crippen LogP contribution is -2.57. The van der Waals surface area contributed by atoms with Crippen LogP contribution in [0, 0.1) is 5.92 Å². The van der Waals surface area contributed by atoms with Crippen LogP contribution in [0.25, 0.3) is 0 Å². The maximum atomic E-state index is 12.8. The average molecular weight is 460 g/mol. The summed E-state index contributed by atoms with van der Waals surface area (Å²) in [5.74, 6) is -4.88. The highest BCUT2D eigenvalue weighted by molar-refractivity contribution is 5.94. The van der Waals surface area contributed by atoms with Gasteiger partial charge in [-0.15, -0.1) is 0 Å². The number of carboxylic acids is 2. The van der Waals surface area contributed by atoms with Crippen LogP contribution in [0.2, 0.25) is 0 Å². The van der Waals surface area contributed by atoms with E-state index in [4.69, 9.17) is 16.6 Å². The molecule has 0 aromatic rings. The summed E-state index contributed by atoms with van der Waals surface area (Å²) in [6, 6.07) is -4.37. The Balaban J connectivity index is 5.52. The maximum Gasteiger partial charge on any atom is 0.326 e. The van der Waals surface area contributed by atoms with Gasteiger partial charge in [0.2, 0.25) is 17.7 Å². The number of nitrogens with one attached hydrogen (secondary N) is 3. The molecule has 0 saturated heterocycles. The molecule has 0 rings (SSSR count). The first-order valence-corrected chi connectivity index (χ1v) is 10.8. The van der Waals surface area contributed by atoms with Crippen molar-refractivity contribution in [3.05, 3.63) is 0 Å². The van der Waals surface area contributed by atoms with Gasteiger partial charge in [0, 0.05) is 6.42 Å². The van der Waals surface area contributed by atoms with E-state index < -0.39 is 60.2 Å². The molecule has 12 heteroatoms. The molecule has 184 valence electrons. The Hall–Kier alpha value is -2.73. The molecule has 0 spiro atoms. The van der Waals surface area contributed by atoms with Crippen molar-refractivity contribution >= 4 is 29.7 Å². The minimum Gasteiger partial charge on any atom is -0.481 e. The number of carboxylic acid groups (broad SMARTS) is 2. The Morgan fingerprint density at radius 1 is 0.844 bits per heavy atom.